The fourth-order valence-electron chi connectivity index (χ4n) is 8.66. The van der Waals surface area contributed by atoms with Crippen LogP contribution in [0, 0.1) is 3.70 Å². The number of aliphatic hydroxyl groups is 2. The first-order chi connectivity index (χ1) is 32.2. The first-order valence-corrected chi connectivity index (χ1v) is 21.2. The summed E-state index contributed by atoms with van der Waals surface area (Å²) in [5, 5.41) is 19.0. The number of pyridine rings is 2. The van der Waals surface area contributed by atoms with Gasteiger partial charge in [-0.05, 0) is 62.4 Å². The van der Waals surface area contributed by atoms with Gasteiger partial charge in [0.2, 0.25) is 12.2 Å². The normalized spacial score (nSPS) is 26.6. The highest BCUT2D eigenvalue weighted by Gasteiger charge is 2.72. The molecule has 0 spiro atoms. The monoisotopic (exact) mass is 1160 g/mol. The van der Waals surface area contributed by atoms with Crippen LogP contribution in [0.15, 0.2) is 36.9 Å². The number of nitrogens with zero attached hydrogens (tertiary/aromatic N) is 6. The number of hydrogen-bond donors (Lipinski definition) is 4. The Kier molecular flexibility index (Phi) is 14.8. The van der Waals surface area contributed by atoms with Crippen molar-refractivity contribution in [1.29, 1.82) is 0 Å². The Morgan fingerprint density at radius 3 is 1.48 bits per heavy atom. The van der Waals surface area contributed by atoms with Crippen molar-refractivity contribution in [1.82, 2.24) is 29.1 Å². The van der Waals surface area contributed by atoms with E-state index in [1.807, 2.05) is 27.7 Å². The molecule has 14 nitrogen and oxygen atoms in total. The zero-order valence-electron chi connectivity index (χ0n) is 37.6. The van der Waals surface area contributed by atoms with Gasteiger partial charge in [-0.2, -0.15) is 26.3 Å². The fraction of sp³-hybridized carbons (Fsp3) is 0.600. The molecular formula is C40H45BF15IN8O6. The van der Waals surface area contributed by atoms with Crippen molar-refractivity contribution in [3.8, 4) is 22.8 Å². The standard InChI is InChI=1S/C16H13F7N4O2.C12H16BF3N2O3.C10H9F4IN2O.CH3F.CH4/c17-13-4-14(5-13,6-13)27-3-8(26-12(27)10(28)15(18,19)20)7-1-9(11(24)25-2-7)29-16(21,22)23;1-10(2)11(3,4)21-13(20-10)7-5-8(9(17)18-6-7)19-12(14,15)16;11-8-2-9(3-8,4-8)17-1-5(15)16-7(17)6(18)10(12,13)14;1-2;/h1-3,10,28H,4-6H2,(H2,24,25);5-6H,1-4H3,(H2,17,18);1,6,18H,2-4H2;1H3;1H4/i;;;1D;. The van der Waals surface area contributed by atoms with E-state index < -0.39 is 114 Å². The van der Waals surface area contributed by atoms with Gasteiger partial charge in [-0.25, -0.2) is 28.7 Å². The largest absolute Gasteiger partial charge is 0.573 e. The third kappa shape index (κ3) is 11.7. The number of aliphatic hydroxyl groups excluding tert-OH is 2. The van der Waals surface area contributed by atoms with Crippen LogP contribution >= 0.6 is 22.6 Å². The van der Waals surface area contributed by atoms with Gasteiger partial charge in [-0.15, -0.1) is 26.3 Å². The summed E-state index contributed by atoms with van der Waals surface area (Å²) >= 11 is 1.78. The molecule has 1 aliphatic heterocycles. The molecule has 4 bridgehead atoms. The van der Waals surface area contributed by atoms with Crippen molar-refractivity contribution < 1.29 is 96.2 Å². The number of anilines is 2. The smallest absolute Gasteiger partial charge is 0.402 e. The van der Waals surface area contributed by atoms with Gasteiger partial charge in [0.1, 0.15) is 26.7 Å². The third-order valence-electron chi connectivity index (χ3n) is 12.5. The molecule has 4 aromatic heterocycles. The number of nitrogen functional groups attached to an aromatic ring is 2. The summed E-state index contributed by atoms with van der Waals surface area (Å²) in [7, 11) is -1.83. The zero-order valence-corrected chi connectivity index (χ0v) is 38.7. The molecule has 0 radical (unpaired) electrons. The second-order valence-electron chi connectivity index (χ2n) is 18.3. The lowest BCUT2D eigenvalue weighted by Crippen LogP contribution is -2.70. The van der Waals surface area contributed by atoms with Crippen molar-refractivity contribution in [3.05, 3.63) is 52.3 Å². The SMILES string of the molecule is C.CC1(C)OB(c2cnc(N)c(OC(F)(F)F)c2)OC1(C)C.Nc1ncc(-c2cn(C34CC(F)(C3)C4)c(C(O)C(F)(F)F)n2)cc1OC(F)(F)F.OC(c1nc(I)cn1C12CC(F)(C1)C2)C(F)(F)F.[2H]CF. The molecule has 2 unspecified atom stereocenters. The van der Waals surface area contributed by atoms with E-state index in [1.165, 1.54) is 17.0 Å². The summed E-state index contributed by atoms with van der Waals surface area (Å²) < 4.78 is 216. The number of hydrogen-bond acceptors (Lipinski definition) is 12. The van der Waals surface area contributed by atoms with Crippen LogP contribution in [-0.4, -0.2) is 101 Å². The first-order valence-electron chi connectivity index (χ1n) is 20.9. The average Bonchev–Trinajstić information content (AvgIpc) is 3.84. The molecule has 71 heavy (non-hydrogen) atoms. The van der Waals surface area contributed by atoms with Crippen LogP contribution in [0.2, 0.25) is 0 Å². The van der Waals surface area contributed by atoms with E-state index in [2.05, 4.69) is 29.4 Å². The molecule has 5 heterocycles. The third-order valence-corrected chi connectivity index (χ3v) is 13.0. The van der Waals surface area contributed by atoms with Crippen LogP contribution in [0.1, 0.15) is 98.9 Å². The predicted molar refractivity (Wildman–Crippen MR) is 230 cm³/mol. The Balaban J connectivity index is 0.000000199. The molecule has 0 aromatic carbocycles. The number of nitrogens with two attached hydrogens (primary N) is 2. The molecular weight excluding hydrogens is 1110 g/mol. The van der Waals surface area contributed by atoms with Gasteiger partial charge in [-0.1, -0.05) is 7.43 Å². The maximum absolute atomic E-state index is 13.9. The molecule has 396 valence electrons. The Morgan fingerprint density at radius 1 is 0.704 bits per heavy atom. The maximum atomic E-state index is 13.9. The van der Waals surface area contributed by atoms with Crippen LogP contribution in [0.25, 0.3) is 11.3 Å². The molecule has 6 aliphatic carbocycles. The van der Waals surface area contributed by atoms with Gasteiger partial charge in [0.05, 0.1) is 36.5 Å². The molecule has 31 heteroatoms. The number of halogens is 16. The minimum absolute atomic E-state index is 0. The molecule has 4 aromatic rings. The average molecular weight is 1160 g/mol. The minimum atomic E-state index is -5.06. The summed E-state index contributed by atoms with van der Waals surface area (Å²) in [5.74, 6) is -3.57. The summed E-state index contributed by atoms with van der Waals surface area (Å²) in [6.45, 7) is 7.35. The quantitative estimate of drug-likeness (QED) is 0.0744. The van der Waals surface area contributed by atoms with E-state index in [9.17, 15) is 76.1 Å². The maximum Gasteiger partial charge on any atom is 0.573 e. The lowest BCUT2D eigenvalue weighted by molar-refractivity contribution is -0.275. The summed E-state index contributed by atoms with van der Waals surface area (Å²) in [5.41, 5.74) is 5.30. The highest BCUT2D eigenvalue weighted by atomic mass is 127. The van der Waals surface area contributed by atoms with E-state index >= 15 is 0 Å². The van der Waals surface area contributed by atoms with E-state index in [0.29, 0.717) is 9.16 Å². The van der Waals surface area contributed by atoms with Gasteiger partial charge in [-0.3, -0.25) is 4.39 Å². The molecule has 2 atom stereocenters. The molecule has 6 N–H and O–H groups in total. The predicted octanol–water partition coefficient (Wildman–Crippen LogP) is 9.39. The highest BCUT2D eigenvalue weighted by molar-refractivity contribution is 14.1. The molecule has 6 saturated carbocycles. The molecule has 7 aliphatic rings. The van der Waals surface area contributed by atoms with Gasteiger partial charge < -0.3 is 49.6 Å². The van der Waals surface area contributed by atoms with Gasteiger partial charge in [0, 0.05) is 74.3 Å². The Bertz CT molecular complexity index is 2540. The number of imidazole rings is 2. The van der Waals surface area contributed by atoms with Crippen LogP contribution in [0.4, 0.5) is 77.5 Å². The second-order valence-corrected chi connectivity index (χ2v) is 19.4. The lowest BCUT2D eigenvalue weighted by atomic mass is 9.47. The van der Waals surface area contributed by atoms with Crippen LogP contribution < -0.4 is 26.4 Å². The van der Waals surface area contributed by atoms with E-state index in [4.69, 9.17) is 22.1 Å². The lowest BCUT2D eigenvalue weighted by Gasteiger charge is -2.66. The number of alkyl halides is 15. The Morgan fingerprint density at radius 2 is 1.08 bits per heavy atom. The molecule has 7 fully saturated rings. The number of ether oxygens (including phenoxy) is 2. The molecule has 11 rings (SSSR count). The van der Waals surface area contributed by atoms with Crippen molar-refractivity contribution in [2.45, 2.75) is 145 Å². The summed E-state index contributed by atoms with van der Waals surface area (Å²) in [6, 6.07) is 1.95. The minimum Gasteiger partial charge on any atom is -0.402 e. The van der Waals surface area contributed by atoms with E-state index in [0.717, 1.165) is 29.1 Å². The second kappa shape index (κ2) is 18.8. The van der Waals surface area contributed by atoms with E-state index in [1.54, 1.807) is 22.6 Å². The van der Waals surface area contributed by atoms with Gasteiger partial charge >= 0.3 is 32.2 Å². The van der Waals surface area contributed by atoms with Crippen molar-refractivity contribution in [2.24, 2.45) is 0 Å². The zero-order chi connectivity index (χ0) is 53.5. The van der Waals surface area contributed by atoms with Gasteiger partial charge in [0.25, 0.3) is 0 Å². The van der Waals surface area contributed by atoms with Crippen LogP contribution in [-0.2, 0) is 20.4 Å². The Labute approximate surface area is 409 Å². The molecule has 1 saturated heterocycles. The summed E-state index contributed by atoms with van der Waals surface area (Å²) in [6.07, 6.45) is -19.8. The van der Waals surface area contributed by atoms with Crippen molar-refractivity contribution >= 4 is 46.8 Å². The number of rotatable bonds is 8. The van der Waals surface area contributed by atoms with Crippen molar-refractivity contribution in [3.63, 3.8) is 0 Å². The van der Waals surface area contributed by atoms with Crippen LogP contribution in [0.3, 0.4) is 0 Å². The fourth-order valence-corrected chi connectivity index (χ4v) is 9.19. The first kappa shape index (κ1) is 55.8. The van der Waals surface area contributed by atoms with Crippen molar-refractivity contribution in [2.75, 3.05) is 18.6 Å². The topological polar surface area (TPSA) is 191 Å². The number of aromatic nitrogens is 6. The summed E-state index contributed by atoms with van der Waals surface area (Å²) in [4.78, 5) is 14.7. The van der Waals surface area contributed by atoms with Crippen LogP contribution in [0.5, 0.6) is 11.5 Å². The highest BCUT2D eigenvalue weighted by Crippen LogP contribution is 2.69. The molecule has 0 amide bonds. The van der Waals surface area contributed by atoms with Gasteiger partial charge in [0.15, 0.2) is 23.1 Å². The Hall–Kier alpha value is -4.50. The van der Waals surface area contributed by atoms with E-state index in [-0.39, 0.29) is 63.0 Å².